The average Bonchev–Trinajstić information content (AvgIpc) is 2.82. The Hall–Kier alpha value is -2.37. The fraction of sp³-hybridized carbons (Fsp3) is 0.100. The van der Waals surface area contributed by atoms with Crippen molar-refractivity contribution < 1.29 is 5.21 Å². The first-order valence-corrected chi connectivity index (χ1v) is 4.70. The van der Waals surface area contributed by atoms with Crippen LogP contribution >= 0.6 is 0 Å². The van der Waals surface area contributed by atoms with Crippen molar-refractivity contribution in [3.05, 3.63) is 47.8 Å². The molecule has 2 aromatic rings. The summed E-state index contributed by atoms with van der Waals surface area (Å²) >= 11 is 0. The highest BCUT2D eigenvalue weighted by Gasteiger charge is 2.00. The second-order valence-electron chi connectivity index (χ2n) is 3.24. The molecule has 0 aliphatic carbocycles. The van der Waals surface area contributed by atoms with E-state index in [0.717, 1.165) is 5.56 Å². The molecular weight excluding hydrogens is 206 g/mol. The van der Waals surface area contributed by atoms with Gasteiger partial charge in [-0.3, -0.25) is 0 Å². The van der Waals surface area contributed by atoms with Crippen LogP contribution in [0.4, 0.5) is 0 Å². The van der Waals surface area contributed by atoms with E-state index in [2.05, 4.69) is 15.4 Å². The van der Waals surface area contributed by atoms with Gasteiger partial charge in [0, 0.05) is 5.56 Å². The van der Waals surface area contributed by atoms with Gasteiger partial charge in [-0.1, -0.05) is 29.4 Å². The van der Waals surface area contributed by atoms with E-state index in [9.17, 15) is 0 Å². The molecule has 16 heavy (non-hydrogen) atoms. The molecule has 0 saturated carbocycles. The van der Waals surface area contributed by atoms with Crippen molar-refractivity contribution in [1.29, 1.82) is 0 Å². The van der Waals surface area contributed by atoms with Crippen LogP contribution in [0.15, 0.2) is 41.8 Å². The van der Waals surface area contributed by atoms with Gasteiger partial charge in [-0.2, -0.15) is 15.0 Å². The van der Waals surface area contributed by atoms with Crippen molar-refractivity contribution in [2.45, 2.75) is 6.54 Å². The SMILES string of the molecule is NC(=NO)c1ccc(Cn2nccn2)cc1. The fourth-order valence-corrected chi connectivity index (χ4v) is 1.33. The topological polar surface area (TPSA) is 89.3 Å². The molecule has 3 N–H and O–H groups in total. The highest BCUT2D eigenvalue weighted by molar-refractivity contribution is 5.96. The van der Waals surface area contributed by atoms with Gasteiger partial charge in [0.2, 0.25) is 0 Å². The maximum atomic E-state index is 8.50. The summed E-state index contributed by atoms with van der Waals surface area (Å²) in [4.78, 5) is 1.58. The summed E-state index contributed by atoms with van der Waals surface area (Å²) in [6.45, 7) is 0.601. The standard InChI is InChI=1S/C10H11N5O/c11-10(14-16)9-3-1-8(2-4-9)7-15-12-5-6-13-15/h1-6,16H,7H2,(H2,11,14). The maximum Gasteiger partial charge on any atom is 0.170 e. The molecule has 0 atom stereocenters. The Morgan fingerprint density at radius 1 is 1.25 bits per heavy atom. The second kappa shape index (κ2) is 4.43. The number of oxime groups is 1. The molecule has 0 bridgehead atoms. The van der Waals surface area contributed by atoms with Crippen LogP contribution in [0.1, 0.15) is 11.1 Å². The Morgan fingerprint density at radius 3 is 2.44 bits per heavy atom. The van der Waals surface area contributed by atoms with Crippen molar-refractivity contribution >= 4 is 5.84 Å². The van der Waals surface area contributed by atoms with E-state index in [4.69, 9.17) is 10.9 Å². The van der Waals surface area contributed by atoms with E-state index in [1.54, 1.807) is 29.3 Å². The Balaban J connectivity index is 2.14. The Kier molecular flexibility index (Phi) is 2.81. The summed E-state index contributed by atoms with van der Waals surface area (Å²) < 4.78 is 0. The lowest BCUT2D eigenvalue weighted by Crippen LogP contribution is -2.13. The van der Waals surface area contributed by atoms with Crippen LogP contribution in [-0.4, -0.2) is 26.0 Å². The molecule has 0 aliphatic rings. The van der Waals surface area contributed by atoms with E-state index >= 15 is 0 Å². The summed E-state index contributed by atoms with van der Waals surface area (Å²) in [5.74, 6) is 0.101. The molecule has 6 nitrogen and oxygen atoms in total. The van der Waals surface area contributed by atoms with Gasteiger partial charge in [0.25, 0.3) is 0 Å². The third-order valence-corrected chi connectivity index (χ3v) is 2.15. The fourth-order valence-electron chi connectivity index (χ4n) is 1.33. The molecular formula is C10H11N5O. The van der Waals surface area contributed by atoms with E-state index in [-0.39, 0.29) is 5.84 Å². The minimum atomic E-state index is 0.101. The van der Waals surface area contributed by atoms with Crippen molar-refractivity contribution in [2.24, 2.45) is 10.9 Å². The highest BCUT2D eigenvalue weighted by Crippen LogP contribution is 2.05. The lowest BCUT2D eigenvalue weighted by molar-refractivity contribution is 0.318. The van der Waals surface area contributed by atoms with Gasteiger partial charge in [-0.15, -0.1) is 0 Å². The largest absolute Gasteiger partial charge is 0.409 e. The molecule has 0 unspecified atom stereocenters. The van der Waals surface area contributed by atoms with Crippen LogP contribution in [0.2, 0.25) is 0 Å². The van der Waals surface area contributed by atoms with E-state index in [1.807, 2.05) is 12.1 Å². The van der Waals surface area contributed by atoms with Crippen LogP contribution in [0.5, 0.6) is 0 Å². The van der Waals surface area contributed by atoms with Crippen LogP contribution < -0.4 is 5.73 Å². The predicted octanol–water partition coefficient (Wildman–Crippen LogP) is 0.421. The summed E-state index contributed by atoms with van der Waals surface area (Å²) in [6, 6.07) is 7.34. The number of amidine groups is 1. The van der Waals surface area contributed by atoms with Gasteiger partial charge in [0.05, 0.1) is 18.9 Å². The van der Waals surface area contributed by atoms with E-state index in [1.165, 1.54) is 0 Å². The van der Waals surface area contributed by atoms with E-state index < -0.39 is 0 Å². The number of rotatable bonds is 3. The molecule has 0 radical (unpaired) electrons. The number of nitrogens with two attached hydrogens (primary N) is 1. The monoisotopic (exact) mass is 217 g/mol. The number of benzene rings is 1. The molecule has 0 amide bonds. The number of hydrogen-bond donors (Lipinski definition) is 2. The van der Waals surface area contributed by atoms with Crippen LogP contribution in [0, 0.1) is 0 Å². The first-order valence-electron chi connectivity index (χ1n) is 4.70. The minimum absolute atomic E-state index is 0.101. The van der Waals surface area contributed by atoms with Crippen molar-refractivity contribution in [3.63, 3.8) is 0 Å². The van der Waals surface area contributed by atoms with Gasteiger partial charge in [0.1, 0.15) is 0 Å². The Bertz CT molecular complexity index is 474. The number of aromatic nitrogens is 3. The normalized spacial score (nSPS) is 11.6. The number of nitrogens with zero attached hydrogens (tertiary/aromatic N) is 4. The second-order valence-corrected chi connectivity index (χ2v) is 3.24. The minimum Gasteiger partial charge on any atom is -0.409 e. The van der Waals surface area contributed by atoms with Crippen LogP contribution in [0.3, 0.4) is 0 Å². The zero-order valence-electron chi connectivity index (χ0n) is 8.48. The molecule has 0 spiro atoms. The molecule has 82 valence electrons. The zero-order chi connectivity index (χ0) is 11.4. The first-order chi connectivity index (χ1) is 7.79. The molecule has 1 aromatic carbocycles. The Labute approximate surface area is 92.0 Å². The summed E-state index contributed by atoms with van der Waals surface area (Å²) in [6.07, 6.45) is 3.26. The molecule has 6 heteroatoms. The quantitative estimate of drug-likeness (QED) is 0.337. The lowest BCUT2D eigenvalue weighted by Gasteiger charge is -2.02. The zero-order valence-corrected chi connectivity index (χ0v) is 8.48. The number of hydrogen-bond acceptors (Lipinski definition) is 4. The highest BCUT2D eigenvalue weighted by atomic mass is 16.4. The van der Waals surface area contributed by atoms with Gasteiger partial charge < -0.3 is 10.9 Å². The predicted molar refractivity (Wildman–Crippen MR) is 58.1 cm³/mol. The molecule has 0 aliphatic heterocycles. The summed E-state index contributed by atoms with van der Waals surface area (Å²) in [5, 5.41) is 19.4. The van der Waals surface area contributed by atoms with Crippen LogP contribution in [-0.2, 0) is 6.54 Å². The molecule has 0 saturated heterocycles. The molecule has 1 aromatic heterocycles. The third-order valence-electron chi connectivity index (χ3n) is 2.15. The van der Waals surface area contributed by atoms with Crippen molar-refractivity contribution in [2.75, 3.05) is 0 Å². The van der Waals surface area contributed by atoms with E-state index in [0.29, 0.717) is 12.1 Å². The lowest BCUT2D eigenvalue weighted by atomic mass is 10.1. The van der Waals surface area contributed by atoms with Crippen molar-refractivity contribution in [3.8, 4) is 0 Å². The van der Waals surface area contributed by atoms with Gasteiger partial charge in [-0.05, 0) is 5.56 Å². The summed E-state index contributed by atoms with van der Waals surface area (Å²) in [7, 11) is 0. The van der Waals surface area contributed by atoms with Crippen LogP contribution in [0.25, 0.3) is 0 Å². The first kappa shape index (κ1) is 10.2. The maximum absolute atomic E-state index is 8.50. The van der Waals surface area contributed by atoms with Crippen molar-refractivity contribution in [1.82, 2.24) is 15.0 Å². The Morgan fingerprint density at radius 2 is 1.88 bits per heavy atom. The van der Waals surface area contributed by atoms with Gasteiger partial charge >= 0.3 is 0 Å². The molecule has 1 heterocycles. The van der Waals surface area contributed by atoms with Gasteiger partial charge in [-0.25, -0.2) is 0 Å². The molecule has 0 fully saturated rings. The average molecular weight is 217 g/mol. The molecule has 2 rings (SSSR count). The smallest absolute Gasteiger partial charge is 0.170 e. The third kappa shape index (κ3) is 2.17. The van der Waals surface area contributed by atoms with Gasteiger partial charge in [0.15, 0.2) is 5.84 Å². The summed E-state index contributed by atoms with van der Waals surface area (Å²) in [5.41, 5.74) is 7.18.